The Morgan fingerprint density at radius 3 is 2.95 bits per heavy atom. The molecule has 2 aromatic heterocycles. The van der Waals surface area contributed by atoms with Gasteiger partial charge in [-0.15, -0.1) is 0 Å². The van der Waals surface area contributed by atoms with E-state index < -0.39 is 0 Å². The van der Waals surface area contributed by atoms with Gasteiger partial charge in [0.2, 0.25) is 5.91 Å². The topological polar surface area (TPSA) is 59.8 Å². The van der Waals surface area contributed by atoms with Crippen LogP contribution in [0.4, 0.5) is 0 Å². The van der Waals surface area contributed by atoms with E-state index in [2.05, 4.69) is 15.3 Å². The van der Waals surface area contributed by atoms with Gasteiger partial charge in [-0.05, 0) is 12.1 Å². The summed E-state index contributed by atoms with van der Waals surface area (Å²) in [4.78, 5) is 20.4. The molecule has 1 aromatic carbocycles. The van der Waals surface area contributed by atoms with Gasteiger partial charge in [0.1, 0.15) is 0 Å². The Morgan fingerprint density at radius 2 is 2.10 bits per heavy atom. The van der Waals surface area contributed by atoms with Crippen LogP contribution >= 0.6 is 0 Å². The molecule has 0 saturated heterocycles. The molecule has 1 amide bonds. The number of fused-ring (bicyclic) bond motifs is 1. The van der Waals surface area contributed by atoms with Crippen LogP contribution in [0, 0.1) is 0 Å². The molecular formula is C16H16N4O. The van der Waals surface area contributed by atoms with Crippen molar-refractivity contribution in [2.75, 3.05) is 6.54 Å². The smallest absolute Gasteiger partial charge is 0.226 e. The fraction of sp³-hybridized carbons (Fsp3) is 0.188. The van der Waals surface area contributed by atoms with Crippen molar-refractivity contribution in [1.29, 1.82) is 0 Å². The van der Waals surface area contributed by atoms with Gasteiger partial charge in [-0.3, -0.25) is 9.78 Å². The van der Waals surface area contributed by atoms with Gasteiger partial charge in [0.05, 0.1) is 24.0 Å². The Bertz CT molecular complexity index is 737. The number of amides is 1. The molecule has 0 fully saturated rings. The number of nitrogens with one attached hydrogen (secondary N) is 1. The highest BCUT2D eigenvalue weighted by molar-refractivity contribution is 5.81. The van der Waals surface area contributed by atoms with Crippen LogP contribution in [0.1, 0.15) is 5.69 Å². The van der Waals surface area contributed by atoms with E-state index in [0.717, 1.165) is 23.1 Å². The molecule has 3 aromatic rings. The number of rotatable bonds is 5. The normalized spacial score (nSPS) is 10.7. The Labute approximate surface area is 122 Å². The molecule has 0 aliphatic carbocycles. The molecule has 0 aliphatic heterocycles. The second-order valence-electron chi connectivity index (χ2n) is 4.82. The second kappa shape index (κ2) is 6.17. The van der Waals surface area contributed by atoms with Crippen LogP contribution in [0.3, 0.4) is 0 Å². The number of hydrogen-bond acceptors (Lipinski definition) is 3. The molecule has 106 valence electrons. The minimum atomic E-state index is -0.0158. The third-order valence-electron chi connectivity index (χ3n) is 3.25. The highest BCUT2D eigenvalue weighted by Crippen LogP contribution is 2.11. The Hall–Kier alpha value is -2.69. The van der Waals surface area contributed by atoms with Crippen molar-refractivity contribution in [3.63, 3.8) is 0 Å². The number of pyridine rings is 1. The Kier molecular flexibility index (Phi) is 3.91. The number of carbonyl (C=O) groups is 1. The number of aromatic nitrogens is 3. The summed E-state index contributed by atoms with van der Waals surface area (Å²) in [6, 6.07) is 11.8. The van der Waals surface area contributed by atoms with E-state index in [9.17, 15) is 4.79 Å². The maximum absolute atomic E-state index is 11.9. The van der Waals surface area contributed by atoms with Crippen molar-refractivity contribution in [3.8, 4) is 0 Å². The second-order valence-corrected chi connectivity index (χ2v) is 4.82. The maximum atomic E-state index is 11.9. The summed E-state index contributed by atoms with van der Waals surface area (Å²) in [5.41, 5.74) is 1.70. The molecule has 0 bridgehead atoms. The molecule has 5 heteroatoms. The van der Waals surface area contributed by atoms with Gasteiger partial charge >= 0.3 is 0 Å². The molecule has 0 unspecified atom stereocenters. The average Bonchev–Trinajstić information content (AvgIpc) is 3.00. The van der Waals surface area contributed by atoms with Crippen molar-refractivity contribution in [1.82, 2.24) is 19.9 Å². The van der Waals surface area contributed by atoms with Crippen LogP contribution in [-0.2, 0) is 17.8 Å². The zero-order valence-corrected chi connectivity index (χ0v) is 11.6. The summed E-state index contributed by atoms with van der Waals surface area (Å²) in [7, 11) is 0. The van der Waals surface area contributed by atoms with Crippen molar-refractivity contribution < 1.29 is 4.79 Å². The van der Waals surface area contributed by atoms with Crippen molar-refractivity contribution in [3.05, 3.63) is 60.8 Å². The predicted octanol–water partition coefficient (Wildman–Crippen LogP) is 1.79. The van der Waals surface area contributed by atoms with E-state index in [1.807, 2.05) is 47.2 Å². The lowest BCUT2D eigenvalue weighted by molar-refractivity contribution is -0.120. The minimum Gasteiger partial charge on any atom is -0.354 e. The Balaban J connectivity index is 1.55. The summed E-state index contributed by atoms with van der Waals surface area (Å²) >= 11 is 0. The quantitative estimate of drug-likeness (QED) is 0.775. The number of imidazole rings is 1. The third kappa shape index (κ3) is 3.45. The molecule has 0 spiro atoms. The van der Waals surface area contributed by atoms with Gasteiger partial charge in [0.15, 0.2) is 0 Å². The number of hydrogen-bond donors (Lipinski definition) is 1. The summed E-state index contributed by atoms with van der Waals surface area (Å²) in [5.74, 6) is -0.0158. The first-order chi connectivity index (χ1) is 10.3. The standard InChI is InChI=1S/C16H16N4O/c21-16(18-8-10-20-9-7-17-12-20)11-14-6-5-13-3-1-2-4-15(13)19-14/h1-7,9,12H,8,10-11H2,(H,18,21). The molecule has 0 aliphatic rings. The summed E-state index contributed by atoms with van der Waals surface area (Å²) in [6.07, 6.45) is 5.63. The first kappa shape index (κ1) is 13.3. The molecule has 3 rings (SSSR count). The maximum Gasteiger partial charge on any atom is 0.226 e. The van der Waals surface area contributed by atoms with Gasteiger partial charge in [0, 0.05) is 30.9 Å². The molecule has 5 nitrogen and oxygen atoms in total. The first-order valence-corrected chi connectivity index (χ1v) is 6.88. The lowest BCUT2D eigenvalue weighted by atomic mass is 10.2. The fourth-order valence-corrected chi connectivity index (χ4v) is 2.18. The minimum absolute atomic E-state index is 0.0158. The van der Waals surface area contributed by atoms with Gasteiger partial charge < -0.3 is 9.88 Å². The zero-order valence-electron chi connectivity index (χ0n) is 11.6. The van der Waals surface area contributed by atoms with Crippen LogP contribution in [0.2, 0.25) is 0 Å². The number of para-hydroxylation sites is 1. The molecule has 0 radical (unpaired) electrons. The monoisotopic (exact) mass is 280 g/mol. The van der Waals surface area contributed by atoms with Crippen molar-refractivity contribution in [2.24, 2.45) is 0 Å². The van der Waals surface area contributed by atoms with E-state index in [0.29, 0.717) is 13.0 Å². The van der Waals surface area contributed by atoms with Gasteiger partial charge in [-0.1, -0.05) is 24.3 Å². The molecule has 0 atom stereocenters. The van der Waals surface area contributed by atoms with Gasteiger partial charge in [0.25, 0.3) is 0 Å². The highest BCUT2D eigenvalue weighted by Gasteiger charge is 2.05. The number of benzene rings is 1. The lowest BCUT2D eigenvalue weighted by Gasteiger charge is -2.06. The van der Waals surface area contributed by atoms with Gasteiger partial charge in [-0.25, -0.2) is 4.98 Å². The molecule has 0 saturated carbocycles. The number of carbonyl (C=O) groups excluding carboxylic acids is 1. The van der Waals surface area contributed by atoms with Crippen molar-refractivity contribution in [2.45, 2.75) is 13.0 Å². The zero-order chi connectivity index (χ0) is 14.5. The first-order valence-electron chi connectivity index (χ1n) is 6.88. The number of nitrogens with zero attached hydrogens (tertiary/aromatic N) is 3. The lowest BCUT2D eigenvalue weighted by Crippen LogP contribution is -2.28. The summed E-state index contributed by atoms with van der Waals surface area (Å²) < 4.78 is 1.93. The molecular weight excluding hydrogens is 264 g/mol. The largest absolute Gasteiger partial charge is 0.354 e. The van der Waals surface area contributed by atoms with Crippen LogP contribution in [0.25, 0.3) is 10.9 Å². The van der Waals surface area contributed by atoms with E-state index in [1.165, 1.54) is 0 Å². The van der Waals surface area contributed by atoms with E-state index in [-0.39, 0.29) is 5.91 Å². The fourth-order valence-electron chi connectivity index (χ4n) is 2.18. The summed E-state index contributed by atoms with van der Waals surface area (Å²) in [5, 5.41) is 3.97. The Morgan fingerprint density at radius 1 is 1.19 bits per heavy atom. The van der Waals surface area contributed by atoms with Gasteiger partial charge in [-0.2, -0.15) is 0 Å². The van der Waals surface area contributed by atoms with Crippen LogP contribution < -0.4 is 5.32 Å². The van der Waals surface area contributed by atoms with E-state index in [4.69, 9.17) is 0 Å². The SMILES string of the molecule is O=C(Cc1ccc2ccccc2n1)NCCn1ccnc1. The molecule has 1 N–H and O–H groups in total. The third-order valence-corrected chi connectivity index (χ3v) is 3.25. The highest BCUT2D eigenvalue weighted by atomic mass is 16.1. The summed E-state index contributed by atoms with van der Waals surface area (Å²) in [6.45, 7) is 1.31. The van der Waals surface area contributed by atoms with Crippen LogP contribution in [0.15, 0.2) is 55.1 Å². The molecule has 2 heterocycles. The van der Waals surface area contributed by atoms with Crippen molar-refractivity contribution >= 4 is 16.8 Å². The van der Waals surface area contributed by atoms with Crippen LogP contribution in [0.5, 0.6) is 0 Å². The average molecular weight is 280 g/mol. The van der Waals surface area contributed by atoms with Crippen LogP contribution in [-0.4, -0.2) is 27.0 Å². The van der Waals surface area contributed by atoms with E-state index in [1.54, 1.807) is 12.5 Å². The predicted molar refractivity (Wildman–Crippen MR) is 80.7 cm³/mol. The van der Waals surface area contributed by atoms with E-state index >= 15 is 0 Å². The molecule has 21 heavy (non-hydrogen) atoms.